The number of nitrogens with one attached hydrogen (secondary N) is 3. The molecule has 7 rings (SSSR count). The molecule has 2 aromatic heterocycles. The van der Waals surface area contributed by atoms with Crippen LogP contribution in [-0.2, 0) is 14.3 Å². The van der Waals surface area contributed by atoms with Gasteiger partial charge in [-0.3, -0.25) is 9.59 Å². The first-order chi connectivity index (χ1) is 27.2. The Morgan fingerprint density at radius 3 is 2.02 bits per heavy atom. The predicted molar refractivity (Wildman–Crippen MR) is 215 cm³/mol. The van der Waals surface area contributed by atoms with Crippen molar-refractivity contribution < 1.29 is 24.2 Å². The number of carboxylic acid groups (broad SMARTS) is 1. The van der Waals surface area contributed by atoms with E-state index in [1.54, 1.807) is 11.8 Å². The van der Waals surface area contributed by atoms with Crippen LogP contribution in [0.3, 0.4) is 0 Å². The van der Waals surface area contributed by atoms with E-state index in [4.69, 9.17) is 9.72 Å². The van der Waals surface area contributed by atoms with E-state index in [0.29, 0.717) is 24.3 Å². The highest BCUT2D eigenvalue weighted by atomic mass is 16.5. The fraction of sp³-hybridized carbons (Fsp3) is 0.558. The van der Waals surface area contributed by atoms with E-state index >= 15 is 0 Å². The van der Waals surface area contributed by atoms with Crippen LogP contribution < -0.4 is 5.32 Å². The maximum absolute atomic E-state index is 13.8. The summed E-state index contributed by atoms with van der Waals surface area (Å²) in [6.07, 6.45) is 15.6. The molecule has 300 valence electrons. The topological polar surface area (TPSA) is 160 Å². The van der Waals surface area contributed by atoms with Gasteiger partial charge < -0.3 is 39.8 Å². The van der Waals surface area contributed by atoms with Gasteiger partial charge in [-0.25, -0.2) is 14.8 Å². The molecule has 2 saturated heterocycles. The summed E-state index contributed by atoms with van der Waals surface area (Å²) < 4.78 is 5.31. The van der Waals surface area contributed by atoms with Crippen molar-refractivity contribution in [3.05, 3.63) is 71.7 Å². The van der Waals surface area contributed by atoms with E-state index < -0.39 is 18.2 Å². The molecule has 4 heterocycles. The molecule has 3 fully saturated rings. The molecular formula is C43H58N8O5. The van der Waals surface area contributed by atoms with Crippen molar-refractivity contribution in [2.75, 3.05) is 33.3 Å². The Bertz CT molecular complexity index is 1900. The second-order valence-electron chi connectivity index (χ2n) is 15.8. The van der Waals surface area contributed by atoms with Gasteiger partial charge in [0.05, 0.1) is 42.0 Å². The molecule has 4 atom stereocenters. The summed E-state index contributed by atoms with van der Waals surface area (Å²) in [5.41, 5.74) is 6.54. The van der Waals surface area contributed by atoms with Gasteiger partial charge in [0, 0.05) is 32.2 Å². The minimum absolute atomic E-state index is 0.00754. The number of benzene rings is 1. The van der Waals surface area contributed by atoms with Gasteiger partial charge in [0.15, 0.2) is 0 Å². The predicted octanol–water partition coefficient (Wildman–Crippen LogP) is 6.96. The zero-order valence-electron chi connectivity index (χ0n) is 33.3. The molecular weight excluding hydrogens is 709 g/mol. The summed E-state index contributed by atoms with van der Waals surface area (Å²) >= 11 is 0. The van der Waals surface area contributed by atoms with Crippen LogP contribution in [0.5, 0.6) is 0 Å². The Morgan fingerprint density at radius 2 is 1.41 bits per heavy atom. The van der Waals surface area contributed by atoms with Gasteiger partial charge in [-0.05, 0) is 106 Å². The molecule has 0 bridgehead atoms. The number of aromatic amines is 2. The number of aromatic nitrogens is 4. The van der Waals surface area contributed by atoms with Gasteiger partial charge in [-0.15, -0.1) is 0 Å². The zero-order valence-corrected chi connectivity index (χ0v) is 33.3. The van der Waals surface area contributed by atoms with Gasteiger partial charge in [0.25, 0.3) is 0 Å². The zero-order chi connectivity index (χ0) is 39.3. The number of hydrogen-bond acceptors (Lipinski definition) is 7. The van der Waals surface area contributed by atoms with Gasteiger partial charge in [0.1, 0.15) is 17.7 Å². The monoisotopic (exact) mass is 766 g/mol. The summed E-state index contributed by atoms with van der Waals surface area (Å²) in [5, 5.41) is 11.7. The highest BCUT2D eigenvalue weighted by Gasteiger charge is 2.39. The van der Waals surface area contributed by atoms with Gasteiger partial charge >= 0.3 is 6.09 Å². The van der Waals surface area contributed by atoms with Crippen molar-refractivity contribution in [3.63, 3.8) is 0 Å². The second kappa shape index (κ2) is 17.6. The lowest BCUT2D eigenvalue weighted by Gasteiger charge is -2.37. The largest absolute Gasteiger partial charge is 0.465 e. The summed E-state index contributed by atoms with van der Waals surface area (Å²) in [5.74, 6) is 1.71. The summed E-state index contributed by atoms with van der Waals surface area (Å²) in [4.78, 5) is 61.5. The number of H-pyrrole nitrogens is 2. The van der Waals surface area contributed by atoms with E-state index in [1.165, 1.54) is 18.2 Å². The van der Waals surface area contributed by atoms with E-state index in [-0.39, 0.29) is 23.9 Å². The van der Waals surface area contributed by atoms with E-state index in [2.05, 4.69) is 80.3 Å². The van der Waals surface area contributed by atoms with Crippen molar-refractivity contribution in [3.8, 4) is 11.3 Å². The Morgan fingerprint density at radius 1 is 0.839 bits per heavy atom. The van der Waals surface area contributed by atoms with Crippen molar-refractivity contribution in [2.24, 2.45) is 5.92 Å². The number of imidazole rings is 2. The van der Waals surface area contributed by atoms with Crippen LogP contribution in [0.4, 0.5) is 4.79 Å². The molecule has 1 aromatic carbocycles. The fourth-order valence-corrected chi connectivity index (χ4v) is 9.41. The van der Waals surface area contributed by atoms with Crippen LogP contribution in [-0.4, -0.2) is 109 Å². The van der Waals surface area contributed by atoms with E-state index in [0.717, 1.165) is 112 Å². The number of methoxy groups -OCH3 is 1. The van der Waals surface area contributed by atoms with Crippen LogP contribution >= 0.6 is 0 Å². The number of ether oxygens (including phenoxy) is 1. The van der Waals surface area contributed by atoms with Crippen LogP contribution in [0.1, 0.15) is 120 Å². The molecule has 13 nitrogen and oxygen atoms in total. The molecule has 0 unspecified atom stereocenters. The molecule has 3 amide bonds. The SMILES string of the molecule is CCN(CC)[C@H]1CC[C@@H](C(=O)N2CCC[C@H]2c2ncc(-c3ccc(C4=CC=C(c5cnc([C@@H]6CCCN6C(=O)[C@@H](NC(=O)O)[C@@H](C)OC)[nH]5)CC4)cc3)[nH]2)CC1. The number of nitrogens with zero attached hydrogens (tertiary/aromatic N) is 5. The number of rotatable bonds is 13. The third-order valence-corrected chi connectivity index (χ3v) is 12.7. The standard InChI is InChI=1S/C43H58N8O5/c1-5-49(6-2)33-21-19-32(20-22-33)41(52)50-23-7-9-36(50)39-44-25-34(46-39)30-15-11-28(12-16-30)29-13-17-31(18-14-29)35-26-45-40(47-35)37-10-8-24-51(37)42(53)38(27(3)56-4)48-43(54)55/h11-13,15-17,25-27,32-33,36-38,48H,5-10,14,18-24H2,1-4H3,(H,44,46)(H,45,47)(H,54,55)/t27-,32-,33+,36+,37+,38+/m1/s1. The average molecular weight is 767 g/mol. The van der Waals surface area contributed by atoms with E-state index in [9.17, 15) is 19.5 Å². The maximum atomic E-state index is 13.8. The maximum Gasteiger partial charge on any atom is 0.405 e. The van der Waals surface area contributed by atoms with Crippen LogP contribution in [0, 0.1) is 5.92 Å². The Kier molecular flexibility index (Phi) is 12.4. The average Bonchev–Trinajstić information content (AvgIpc) is 4.07. The van der Waals surface area contributed by atoms with E-state index in [1.807, 2.05) is 12.4 Å². The smallest absolute Gasteiger partial charge is 0.405 e. The minimum atomic E-state index is -1.26. The Hall–Kier alpha value is -4.75. The quantitative estimate of drug-likeness (QED) is 0.145. The number of hydrogen-bond donors (Lipinski definition) is 4. The fourth-order valence-electron chi connectivity index (χ4n) is 9.41. The normalized spacial score (nSPS) is 23.9. The molecule has 0 spiro atoms. The Labute approximate surface area is 330 Å². The first-order valence-corrected chi connectivity index (χ1v) is 20.7. The number of carbonyl (C=O) groups is 3. The third kappa shape index (κ3) is 8.34. The van der Waals surface area contributed by atoms with Crippen molar-refractivity contribution in [1.82, 2.24) is 40.0 Å². The van der Waals surface area contributed by atoms with Crippen LogP contribution in [0.15, 0.2) is 48.8 Å². The lowest BCUT2D eigenvalue weighted by Crippen LogP contribution is -2.53. The third-order valence-electron chi connectivity index (χ3n) is 12.7. The minimum Gasteiger partial charge on any atom is -0.465 e. The van der Waals surface area contributed by atoms with Gasteiger partial charge in [-0.1, -0.05) is 50.3 Å². The van der Waals surface area contributed by atoms with Crippen LogP contribution in [0.2, 0.25) is 0 Å². The molecule has 56 heavy (non-hydrogen) atoms. The lowest BCUT2D eigenvalue weighted by atomic mass is 9.84. The van der Waals surface area contributed by atoms with Gasteiger partial charge in [-0.2, -0.15) is 0 Å². The number of amides is 3. The first-order valence-electron chi connectivity index (χ1n) is 20.7. The highest BCUT2D eigenvalue weighted by Crippen LogP contribution is 2.38. The highest BCUT2D eigenvalue weighted by molar-refractivity contribution is 5.86. The molecule has 1 saturated carbocycles. The number of carbonyl (C=O) groups excluding carboxylic acids is 2. The molecule has 2 aliphatic carbocycles. The summed E-state index contributed by atoms with van der Waals surface area (Å²) in [6, 6.07) is 7.96. The second-order valence-corrected chi connectivity index (χ2v) is 15.8. The lowest BCUT2D eigenvalue weighted by molar-refractivity contribution is -0.138. The Balaban J connectivity index is 0.968. The molecule has 4 N–H and O–H groups in total. The van der Waals surface area contributed by atoms with Crippen molar-refractivity contribution in [2.45, 2.75) is 115 Å². The van der Waals surface area contributed by atoms with Crippen molar-refractivity contribution in [1.29, 1.82) is 0 Å². The number of likely N-dealkylation sites (tertiary alicyclic amines) is 2. The van der Waals surface area contributed by atoms with Gasteiger partial charge in [0.2, 0.25) is 11.8 Å². The molecule has 13 heteroatoms. The molecule has 2 aliphatic heterocycles. The molecule has 0 radical (unpaired) electrons. The molecule has 3 aromatic rings. The van der Waals surface area contributed by atoms with Crippen LogP contribution in [0.25, 0.3) is 22.4 Å². The first kappa shape index (κ1) is 39.5. The number of allylic oxidation sites excluding steroid dienone is 4. The summed E-state index contributed by atoms with van der Waals surface area (Å²) in [6.45, 7) is 9.63. The van der Waals surface area contributed by atoms with Crippen molar-refractivity contribution >= 4 is 29.1 Å². The summed E-state index contributed by atoms with van der Waals surface area (Å²) in [7, 11) is 1.46. The molecule has 4 aliphatic rings.